The van der Waals surface area contributed by atoms with Crippen molar-refractivity contribution in [2.45, 2.75) is 18.7 Å². The zero-order valence-electron chi connectivity index (χ0n) is 15.6. The predicted molar refractivity (Wildman–Crippen MR) is 108 cm³/mol. The molecule has 7 nitrogen and oxygen atoms in total. The fourth-order valence-electron chi connectivity index (χ4n) is 3.40. The van der Waals surface area contributed by atoms with Crippen LogP contribution in [-0.2, 0) is 10.0 Å². The highest BCUT2D eigenvalue weighted by Crippen LogP contribution is 2.25. The molecule has 4 rings (SSSR count). The molecule has 0 aliphatic carbocycles. The Balaban J connectivity index is 1.53. The number of rotatable bonds is 3. The summed E-state index contributed by atoms with van der Waals surface area (Å²) in [5.41, 5.74) is 3.61. The lowest BCUT2D eigenvalue weighted by Gasteiger charge is -2.34. The first-order valence-electron chi connectivity index (χ1n) is 8.96. The van der Waals surface area contributed by atoms with Gasteiger partial charge in [-0.15, -0.1) is 0 Å². The molecule has 0 unspecified atom stereocenters. The Morgan fingerprint density at radius 1 is 1.04 bits per heavy atom. The van der Waals surface area contributed by atoms with Crippen LogP contribution in [0, 0.1) is 13.8 Å². The van der Waals surface area contributed by atoms with Crippen LogP contribution in [0.1, 0.15) is 21.5 Å². The predicted octanol–water partition coefficient (Wildman–Crippen LogP) is 2.45. The Morgan fingerprint density at radius 2 is 1.79 bits per heavy atom. The van der Waals surface area contributed by atoms with Crippen LogP contribution in [-0.4, -0.2) is 58.5 Å². The first-order chi connectivity index (χ1) is 13.4. The van der Waals surface area contributed by atoms with Crippen molar-refractivity contribution < 1.29 is 13.2 Å². The Labute approximate surface area is 168 Å². The molecule has 2 heterocycles. The molecule has 0 saturated carbocycles. The van der Waals surface area contributed by atoms with Crippen molar-refractivity contribution in [1.29, 1.82) is 0 Å². The van der Waals surface area contributed by atoms with Gasteiger partial charge in [0.05, 0.1) is 11.7 Å². The lowest BCUT2D eigenvalue weighted by Crippen LogP contribution is -2.50. The van der Waals surface area contributed by atoms with E-state index in [0.717, 1.165) is 22.9 Å². The summed E-state index contributed by atoms with van der Waals surface area (Å²) in [5.74, 6) is -0.0518. The molecule has 1 saturated heterocycles. The van der Waals surface area contributed by atoms with Gasteiger partial charge in [-0.1, -0.05) is 23.8 Å². The van der Waals surface area contributed by atoms with E-state index in [1.165, 1.54) is 4.31 Å². The van der Waals surface area contributed by atoms with E-state index in [0.29, 0.717) is 29.7 Å². The van der Waals surface area contributed by atoms with Crippen molar-refractivity contribution in [2.24, 2.45) is 0 Å². The maximum atomic E-state index is 13.1. The molecule has 3 aromatic rings. The fraction of sp³-hybridized carbons (Fsp3) is 0.316. The third-order valence-electron chi connectivity index (χ3n) is 5.02. The SMILES string of the molecule is Cc1ccc(C)c(C(=O)N2CCN(S(=O)(=O)c3cccc4nsnc34)CC2)c1. The number of sulfonamides is 1. The molecule has 1 aliphatic rings. The molecular weight excluding hydrogens is 396 g/mol. The third kappa shape index (κ3) is 3.30. The molecule has 9 heteroatoms. The second-order valence-electron chi connectivity index (χ2n) is 6.90. The maximum absolute atomic E-state index is 13.1. The Morgan fingerprint density at radius 3 is 2.54 bits per heavy atom. The Kier molecular flexibility index (Phi) is 4.90. The number of aromatic nitrogens is 2. The van der Waals surface area contributed by atoms with Gasteiger partial charge in [-0.05, 0) is 37.6 Å². The number of carbonyl (C=O) groups is 1. The van der Waals surface area contributed by atoms with Crippen molar-refractivity contribution in [2.75, 3.05) is 26.2 Å². The summed E-state index contributed by atoms with van der Waals surface area (Å²) in [5, 5.41) is 0. The molecule has 1 amide bonds. The van der Waals surface area contributed by atoms with Crippen molar-refractivity contribution in [3.05, 3.63) is 53.1 Å². The van der Waals surface area contributed by atoms with Gasteiger partial charge >= 0.3 is 0 Å². The van der Waals surface area contributed by atoms with Crippen LogP contribution in [0.4, 0.5) is 0 Å². The number of carbonyl (C=O) groups excluding carboxylic acids is 1. The molecule has 1 fully saturated rings. The van der Waals surface area contributed by atoms with E-state index in [4.69, 9.17) is 0 Å². The Bertz CT molecular complexity index is 1150. The number of amides is 1. The van der Waals surface area contributed by atoms with Crippen LogP contribution in [0.25, 0.3) is 11.0 Å². The highest BCUT2D eigenvalue weighted by Gasteiger charge is 2.32. The third-order valence-corrected chi connectivity index (χ3v) is 7.49. The van der Waals surface area contributed by atoms with Crippen molar-refractivity contribution >= 4 is 38.7 Å². The first-order valence-corrected chi connectivity index (χ1v) is 11.1. The number of hydrogen-bond acceptors (Lipinski definition) is 6. The topological polar surface area (TPSA) is 83.5 Å². The second-order valence-corrected chi connectivity index (χ2v) is 9.34. The van der Waals surface area contributed by atoms with E-state index >= 15 is 0 Å². The second kappa shape index (κ2) is 7.23. The summed E-state index contributed by atoms with van der Waals surface area (Å²) in [6.07, 6.45) is 0. The minimum Gasteiger partial charge on any atom is -0.336 e. The average Bonchev–Trinajstić information content (AvgIpc) is 3.18. The standard InChI is InChI=1S/C19H20N4O3S2/c1-13-6-7-14(2)15(12-13)19(24)22-8-10-23(11-9-22)28(25,26)17-5-3-4-16-18(17)21-27-20-16/h3-7,12H,8-11H2,1-2H3. The van der Waals surface area contributed by atoms with E-state index < -0.39 is 10.0 Å². The molecule has 1 aliphatic heterocycles. The molecule has 0 N–H and O–H groups in total. The van der Waals surface area contributed by atoms with Crippen LogP contribution in [0.5, 0.6) is 0 Å². The zero-order valence-corrected chi connectivity index (χ0v) is 17.3. The van der Waals surface area contributed by atoms with Crippen molar-refractivity contribution in [3.63, 3.8) is 0 Å². The molecule has 0 atom stereocenters. The summed E-state index contributed by atoms with van der Waals surface area (Å²) in [6, 6.07) is 10.8. The van der Waals surface area contributed by atoms with Crippen molar-refractivity contribution in [1.82, 2.24) is 18.0 Å². The molecule has 0 radical (unpaired) electrons. The van der Waals surface area contributed by atoms with Gasteiger partial charge in [-0.3, -0.25) is 4.79 Å². The van der Waals surface area contributed by atoms with Crippen LogP contribution >= 0.6 is 11.7 Å². The number of fused-ring (bicyclic) bond motifs is 1. The average molecular weight is 417 g/mol. The minimum absolute atomic E-state index is 0.0518. The highest BCUT2D eigenvalue weighted by atomic mass is 32.2. The van der Waals surface area contributed by atoms with E-state index in [9.17, 15) is 13.2 Å². The van der Waals surface area contributed by atoms with Crippen LogP contribution in [0.2, 0.25) is 0 Å². The molecule has 28 heavy (non-hydrogen) atoms. The van der Waals surface area contributed by atoms with E-state index in [-0.39, 0.29) is 23.9 Å². The number of hydrogen-bond donors (Lipinski definition) is 0. The lowest BCUT2D eigenvalue weighted by molar-refractivity contribution is 0.0697. The maximum Gasteiger partial charge on any atom is 0.254 e. The van der Waals surface area contributed by atoms with Crippen LogP contribution in [0.15, 0.2) is 41.3 Å². The van der Waals surface area contributed by atoms with Gasteiger partial charge < -0.3 is 4.90 Å². The number of nitrogens with zero attached hydrogens (tertiary/aromatic N) is 4. The molecule has 0 spiro atoms. The largest absolute Gasteiger partial charge is 0.336 e. The zero-order chi connectivity index (χ0) is 19.9. The fourth-order valence-corrected chi connectivity index (χ4v) is 5.57. The molecule has 2 aromatic carbocycles. The van der Waals surface area contributed by atoms with Gasteiger partial charge in [0.1, 0.15) is 15.9 Å². The van der Waals surface area contributed by atoms with E-state index in [2.05, 4.69) is 8.75 Å². The quantitative estimate of drug-likeness (QED) is 0.655. The molecule has 1 aromatic heterocycles. The highest BCUT2D eigenvalue weighted by molar-refractivity contribution is 7.89. The van der Waals surface area contributed by atoms with Gasteiger partial charge in [-0.2, -0.15) is 13.1 Å². The van der Waals surface area contributed by atoms with E-state index in [1.54, 1.807) is 23.1 Å². The van der Waals surface area contributed by atoms with Gasteiger partial charge in [0.15, 0.2) is 0 Å². The smallest absolute Gasteiger partial charge is 0.254 e. The van der Waals surface area contributed by atoms with Crippen molar-refractivity contribution in [3.8, 4) is 0 Å². The molecular formula is C19H20N4O3S2. The minimum atomic E-state index is -3.69. The number of benzene rings is 2. The van der Waals surface area contributed by atoms with Crippen LogP contribution in [0.3, 0.4) is 0 Å². The monoisotopic (exact) mass is 416 g/mol. The van der Waals surface area contributed by atoms with Gasteiger partial charge in [0, 0.05) is 31.7 Å². The molecule has 146 valence electrons. The van der Waals surface area contributed by atoms with E-state index in [1.807, 2.05) is 32.0 Å². The van der Waals surface area contributed by atoms with Gasteiger partial charge in [-0.25, -0.2) is 8.42 Å². The summed E-state index contributed by atoms with van der Waals surface area (Å²) in [7, 11) is -3.69. The number of aryl methyl sites for hydroxylation is 2. The van der Waals surface area contributed by atoms with Crippen LogP contribution < -0.4 is 0 Å². The molecule has 0 bridgehead atoms. The number of piperazine rings is 1. The normalized spacial score (nSPS) is 15.9. The van der Waals surface area contributed by atoms with Gasteiger partial charge in [0.25, 0.3) is 5.91 Å². The van der Waals surface area contributed by atoms with Gasteiger partial charge in [0.2, 0.25) is 10.0 Å². The first kappa shape index (κ1) is 19.0. The summed E-state index contributed by atoms with van der Waals surface area (Å²) in [6.45, 7) is 5.10. The lowest BCUT2D eigenvalue weighted by atomic mass is 10.0. The Hall–Kier alpha value is -2.36. The summed E-state index contributed by atoms with van der Waals surface area (Å²) in [4.78, 5) is 14.8. The summed E-state index contributed by atoms with van der Waals surface area (Å²) < 4.78 is 35.9. The summed E-state index contributed by atoms with van der Waals surface area (Å²) >= 11 is 0.998.